The minimum absolute atomic E-state index is 0.309. The van der Waals surface area contributed by atoms with Crippen molar-refractivity contribution >= 4 is 0 Å². The second-order valence-electron chi connectivity index (χ2n) is 5.41. The van der Waals surface area contributed by atoms with Crippen LogP contribution in [0.3, 0.4) is 0 Å². The van der Waals surface area contributed by atoms with Gasteiger partial charge in [0.15, 0.2) is 0 Å². The number of nitrogens with one attached hydrogen (secondary N) is 1. The lowest BCUT2D eigenvalue weighted by molar-refractivity contribution is 0.126. The summed E-state index contributed by atoms with van der Waals surface area (Å²) in [6.07, 6.45) is 5.86. The molecule has 17 heavy (non-hydrogen) atoms. The third-order valence-electron chi connectivity index (χ3n) is 3.40. The van der Waals surface area contributed by atoms with E-state index in [1.165, 1.54) is 19.3 Å². The Labute approximate surface area is 103 Å². The summed E-state index contributed by atoms with van der Waals surface area (Å²) >= 11 is 0. The topological polar surface area (TPSA) is 45.4 Å². The largest absolute Gasteiger partial charge is 0.467 e. The first-order chi connectivity index (χ1) is 8.15. The van der Waals surface area contributed by atoms with E-state index < -0.39 is 6.10 Å². The van der Waals surface area contributed by atoms with Gasteiger partial charge in [-0.3, -0.25) is 0 Å². The number of furan rings is 1. The smallest absolute Gasteiger partial charge is 0.132 e. The van der Waals surface area contributed by atoms with Crippen LogP contribution in [0.4, 0.5) is 0 Å². The first-order valence-corrected chi connectivity index (χ1v) is 6.62. The molecule has 1 heterocycles. The Hall–Kier alpha value is -0.800. The summed E-state index contributed by atoms with van der Waals surface area (Å²) in [5, 5.41) is 13.5. The molecular weight excluding hydrogens is 214 g/mol. The maximum absolute atomic E-state index is 9.95. The van der Waals surface area contributed by atoms with Crippen molar-refractivity contribution in [1.29, 1.82) is 0 Å². The lowest BCUT2D eigenvalue weighted by Crippen LogP contribution is -2.35. The second-order valence-corrected chi connectivity index (χ2v) is 5.41. The number of hydrogen-bond donors (Lipinski definition) is 2. The van der Waals surface area contributed by atoms with Gasteiger partial charge in [-0.05, 0) is 44.7 Å². The highest BCUT2D eigenvalue weighted by Crippen LogP contribution is 2.33. The first kappa shape index (κ1) is 12.7. The van der Waals surface area contributed by atoms with E-state index in [0.29, 0.717) is 24.3 Å². The van der Waals surface area contributed by atoms with Gasteiger partial charge in [0.2, 0.25) is 0 Å². The third-order valence-corrected chi connectivity index (χ3v) is 3.40. The van der Waals surface area contributed by atoms with Crippen LogP contribution >= 0.6 is 0 Å². The zero-order valence-corrected chi connectivity index (χ0v) is 10.7. The van der Waals surface area contributed by atoms with E-state index in [2.05, 4.69) is 19.2 Å². The molecule has 3 nitrogen and oxygen atoms in total. The van der Waals surface area contributed by atoms with E-state index in [4.69, 9.17) is 4.42 Å². The standard InChI is InChI=1S/C14H23NO2/c1-10(8-12-5-6-12)15-11(2)9-13(16)14-4-3-7-17-14/h3-4,7,10-13,15-16H,5-6,8-9H2,1-2H3. The molecule has 0 saturated heterocycles. The fourth-order valence-corrected chi connectivity index (χ4v) is 2.41. The van der Waals surface area contributed by atoms with Crippen LogP contribution in [0.1, 0.15) is 51.4 Å². The predicted octanol–water partition coefficient (Wildman–Crippen LogP) is 2.87. The van der Waals surface area contributed by atoms with Crippen LogP contribution in [-0.2, 0) is 0 Å². The molecule has 0 aromatic carbocycles. The molecule has 0 bridgehead atoms. The lowest BCUT2D eigenvalue weighted by atomic mass is 10.1. The van der Waals surface area contributed by atoms with Gasteiger partial charge in [0.25, 0.3) is 0 Å². The maximum Gasteiger partial charge on any atom is 0.132 e. The van der Waals surface area contributed by atoms with E-state index in [0.717, 1.165) is 5.92 Å². The molecule has 0 amide bonds. The molecule has 1 fully saturated rings. The van der Waals surface area contributed by atoms with Crippen molar-refractivity contribution in [2.24, 2.45) is 5.92 Å². The summed E-state index contributed by atoms with van der Waals surface area (Å²) in [7, 11) is 0. The van der Waals surface area contributed by atoms with Crippen molar-refractivity contribution in [2.45, 2.75) is 57.7 Å². The van der Waals surface area contributed by atoms with E-state index in [9.17, 15) is 5.11 Å². The van der Waals surface area contributed by atoms with Crippen molar-refractivity contribution in [3.8, 4) is 0 Å². The SMILES string of the molecule is CC(CC1CC1)NC(C)CC(O)c1ccco1. The van der Waals surface area contributed by atoms with Crippen molar-refractivity contribution in [1.82, 2.24) is 5.32 Å². The second kappa shape index (κ2) is 5.69. The van der Waals surface area contributed by atoms with Gasteiger partial charge in [-0.15, -0.1) is 0 Å². The van der Waals surface area contributed by atoms with E-state index in [1.807, 2.05) is 12.1 Å². The summed E-state index contributed by atoms with van der Waals surface area (Å²) in [5.74, 6) is 1.60. The van der Waals surface area contributed by atoms with Gasteiger partial charge >= 0.3 is 0 Å². The van der Waals surface area contributed by atoms with Crippen molar-refractivity contribution in [2.75, 3.05) is 0 Å². The summed E-state index contributed by atoms with van der Waals surface area (Å²) < 4.78 is 5.20. The van der Waals surface area contributed by atoms with Crippen LogP contribution in [0.5, 0.6) is 0 Å². The maximum atomic E-state index is 9.95. The zero-order chi connectivity index (χ0) is 12.3. The van der Waals surface area contributed by atoms with Gasteiger partial charge in [0.1, 0.15) is 11.9 Å². The molecule has 3 heteroatoms. The predicted molar refractivity (Wildman–Crippen MR) is 67.7 cm³/mol. The summed E-state index contributed by atoms with van der Waals surface area (Å²) in [6, 6.07) is 4.49. The Morgan fingerprint density at radius 2 is 2.18 bits per heavy atom. The molecule has 1 aromatic rings. The minimum atomic E-state index is -0.499. The molecule has 1 aliphatic rings. The van der Waals surface area contributed by atoms with Crippen molar-refractivity contribution < 1.29 is 9.52 Å². The molecule has 0 radical (unpaired) electrons. The monoisotopic (exact) mass is 237 g/mol. The van der Waals surface area contributed by atoms with Crippen molar-refractivity contribution in [3.05, 3.63) is 24.2 Å². The molecule has 1 saturated carbocycles. The van der Waals surface area contributed by atoms with Gasteiger partial charge in [-0.2, -0.15) is 0 Å². The van der Waals surface area contributed by atoms with Crippen LogP contribution < -0.4 is 5.32 Å². The molecular formula is C14H23NO2. The highest BCUT2D eigenvalue weighted by atomic mass is 16.4. The van der Waals surface area contributed by atoms with E-state index >= 15 is 0 Å². The summed E-state index contributed by atoms with van der Waals surface area (Å²) in [6.45, 7) is 4.35. The normalized spacial score (nSPS) is 21.1. The molecule has 2 rings (SSSR count). The van der Waals surface area contributed by atoms with Crippen LogP contribution in [0.2, 0.25) is 0 Å². The van der Waals surface area contributed by atoms with Crippen molar-refractivity contribution in [3.63, 3.8) is 0 Å². The Balaban J connectivity index is 1.70. The summed E-state index contributed by atoms with van der Waals surface area (Å²) in [5.41, 5.74) is 0. The molecule has 0 spiro atoms. The molecule has 0 aliphatic heterocycles. The Morgan fingerprint density at radius 3 is 2.76 bits per heavy atom. The number of hydrogen-bond acceptors (Lipinski definition) is 3. The van der Waals surface area contributed by atoms with Crippen LogP contribution in [-0.4, -0.2) is 17.2 Å². The first-order valence-electron chi connectivity index (χ1n) is 6.62. The molecule has 3 atom stereocenters. The number of aliphatic hydroxyl groups excluding tert-OH is 1. The molecule has 2 N–H and O–H groups in total. The average molecular weight is 237 g/mol. The Bertz CT molecular complexity index is 319. The molecule has 1 aliphatic carbocycles. The van der Waals surface area contributed by atoms with Gasteiger partial charge < -0.3 is 14.8 Å². The third kappa shape index (κ3) is 4.17. The highest BCUT2D eigenvalue weighted by Gasteiger charge is 2.24. The molecule has 96 valence electrons. The highest BCUT2D eigenvalue weighted by molar-refractivity contribution is 5.02. The van der Waals surface area contributed by atoms with Gasteiger partial charge in [-0.25, -0.2) is 0 Å². The number of rotatable bonds is 7. The van der Waals surface area contributed by atoms with Gasteiger partial charge in [0.05, 0.1) is 6.26 Å². The van der Waals surface area contributed by atoms with Crippen LogP contribution in [0.25, 0.3) is 0 Å². The van der Waals surface area contributed by atoms with Gasteiger partial charge in [-0.1, -0.05) is 12.8 Å². The van der Waals surface area contributed by atoms with E-state index in [1.54, 1.807) is 6.26 Å². The van der Waals surface area contributed by atoms with E-state index in [-0.39, 0.29) is 0 Å². The Morgan fingerprint density at radius 1 is 1.41 bits per heavy atom. The lowest BCUT2D eigenvalue weighted by Gasteiger charge is -2.21. The summed E-state index contributed by atoms with van der Waals surface area (Å²) in [4.78, 5) is 0. The number of aliphatic hydroxyl groups is 1. The minimum Gasteiger partial charge on any atom is -0.467 e. The Kier molecular flexibility index (Phi) is 4.24. The average Bonchev–Trinajstić information content (AvgIpc) is 2.90. The fourth-order valence-electron chi connectivity index (χ4n) is 2.41. The fraction of sp³-hybridized carbons (Fsp3) is 0.714. The molecule has 1 aromatic heterocycles. The quantitative estimate of drug-likeness (QED) is 0.766. The molecule has 3 unspecified atom stereocenters. The van der Waals surface area contributed by atoms with Crippen LogP contribution in [0, 0.1) is 5.92 Å². The van der Waals surface area contributed by atoms with Crippen LogP contribution in [0.15, 0.2) is 22.8 Å². The zero-order valence-electron chi connectivity index (χ0n) is 10.7. The van der Waals surface area contributed by atoms with Gasteiger partial charge in [0, 0.05) is 12.1 Å².